The standard InChI is InChI=1S/C14H22O3/c1-2-3-8-13(15)9-4-6-11-16-14-10-5-7-12-17-14/h2,13-15H,1,3,5-8,10-12H2. The first-order valence-corrected chi connectivity index (χ1v) is 6.33. The molecule has 0 aromatic carbocycles. The van der Waals surface area contributed by atoms with Gasteiger partial charge in [-0.3, -0.25) is 0 Å². The molecule has 96 valence electrons. The maximum Gasteiger partial charge on any atom is 0.157 e. The van der Waals surface area contributed by atoms with Crippen LogP contribution in [0.2, 0.25) is 0 Å². The topological polar surface area (TPSA) is 38.7 Å². The Labute approximate surface area is 104 Å². The summed E-state index contributed by atoms with van der Waals surface area (Å²) in [6.07, 6.45) is 6.58. The van der Waals surface area contributed by atoms with Crippen molar-refractivity contribution in [1.82, 2.24) is 0 Å². The SMILES string of the molecule is C=CCCC(O)C#CCCOC1CCCCO1. The number of hydrogen-bond acceptors (Lipinski definition) is 3. The van der Waals surface area contributed by atoms with Crippen LogP contribution in [-0.2, 0) is 9.47 Å². The van der Waals surface area contributed by atoms with Crippen molar-refractivity contribution < 1.29 is 14.6 Å². The predicted octanol–water partition coefficient (Wildman–Crippen LogP) is 2.25. The lowest BCUT2D eigenvalue weighted by atomic mass is 10.2. The Kier molecular flexibility index (Phi) is 7.74. The quantitative estimate of drug-likeness (QED) is 0.438. The molecule has 0 amide bonds. The summed E-state index contributed by atoms with van der Waals surface area (Å²) in [5.41, 5.74) is 0. The van der Waals surface area contributed by atoms with Crippen LogP contribution < -0.4 is 0 Å². The van der Waals surface area contributed by atoms with Crippen molar-refractivity contribution in [3.8, 4) is 11.8 Å². The molecule has 0 aromatic rings. The van der Waals surface area contributed by atoms with Crippen molar-refractivity contribution in [2.75, 3.05) is 13.2 Å². The van der Waals surface area contributed by atoms with Crippen molar-refractivity contribution in [2.45, 2.75) is 50.9 Å². The van der Waals surface area contributed by atoms with Crippen LogP contribution >= 0.6 is 0 Å². The summed E-state index contributed by atoms with van der Waals surface area (Å²) in [5.74, 6) is 5.71. The van der Waals surface area contributed by atoms with E-state index in [1.165, 1.54) is 6.42 Å². The van der Waals surface area contributed by atoms with E-state index in [-0.39, 0.29) is 6.29 Å². The lowest BCUT2D eigenvalue weighted by Gasteiger charge is -2.22. The van der Waals surface area contributed by atoms with E-state index >= 15 is 0 Å². The van der Waals surface area contributed by atoms with Gasteiger partial charge in [0.1, 0.15) is 6.10 Å². The molecule has 0 spiro atoms. The van der Waals surface area contributed by atoms with Gasteiger partial charge in [-0.15, -0.1) is 6.58 Å². The molecule has 1 aliphatic heterocycles. The molecule has 1 rings (SSSR count). The second-order valence-corrected chi connectivity index (χ2v) is 4.12. The monoisotopic (exact) mass is 238 g/mol. The Hall–Kier alpha value is -0.820. The number of rotatable bonds is 6. The molecule has 0 aromatic heterocycles. The Morgan fingerprint density at radius 2 is 2.41 bits per heavy atom. The molecule has 1 fully saturated rings. The number of ether oxygens (including phenoxy) is 2. The number of allylic oxidation sites excluding steroid dienone is 1. The summed E-state index contributed by atoms with van der Waals surface area (Å²) >= 11 is 0. The second-order valence-electron chi connectivity index (χ2n) is 4.12. The van der Waals surface area contributed by atoms with Crippen LogP contribution in [-0.4, -0.2) is 30.7 Å². The summed E-state index contributed by atoms with van der Waals surface area (Å²) in [6.45, 7) is 4.98. The van der Waals surface area contributed by atoms with Crippen LogP contribution in [0, 0.1) is 11.8 Å². The van der Waals surface area contributed by atoms with Gasteiger partial charge in [0, 0.05) is 13.0 Å². The van der Waals surface area contributed by atoms with E-state index in [4.69, 9.17) is 9.47 Å². The van der Waals surface area contributed by atoms with Crippen molar-refractivity contribution in [1.29, 1.82) is 0 Å². The van der Waals surface area contributed by atoms with Crippen molar-refractivity contribution in [2.24, 2.45) is 0 Å². The average Bonchev–Trinajstić information content (AvgIpc) is 2.37. The third kappa shape index (κ3) is 7.17. The highest BCUT2D eigenvalue weighted by atomic mass is 16.7. The van der Waals surface area contributed by atoms with Gasteiger partial charge in [-0.25, -0.2) is 0 Å². The van der Waals surface area contributed by atoms with Crippen LogP contribution in [0.3, 0.4) is 0 Å². The predicted molar refractivity (Wildman–Crippen MR) is 67.4 cm³/mol. The Morgan fingerprint density at radius 1 is 1.53 bits per heavy atom. The summed E-state index contributed by atoms with van der Waals surface area (Å²) in [4.78, 5) is 0. The molecule has 2 atom stereocenters. The van der Waals surface area contributed by atoms with E-state index in [9.17, 15) is 5.11 Å². The number of aliphatic hydroxyl groups is 1. The average molecular weight is 238 g/mol. The summed E-state index contributed by atoms with van der Waals surface area (Å²) in [7, 11) is 0. The molecule has 1 N–H and O–H groups in total. The van der Waals surface area contributed by atoms with Crippen molar-refractivity contribution in [3.05, 3.63) is 12.7 Å². The van der Waals surface area contributed by atoms with Crippen LogP contribution in [0.1, 0.15) is 38.5 Å². The van der Waals surface area contributed by atoms with Gasteiger partial charge in [0.2, 0.25) is 0 Å². The number of aliphatic hydroxyl groups excluding tert-OH is 1. The molecule has 2 unspecified atom stereocenters. The molecule has 1 saturated heterocycles. The fourth-order valence-corrected chi connectivity index (χ4v) is 1.62. The lowest BCUT2D eigenvalue weighted by molar-refractivity contribution is -0.161. The van der Waals surface area contributed by atoms with Gasteiger partial charge in [-0.2, -0.15) is 0 Å². The molecule has 3 nitrogen and oxygen atoms in total. The fourth-order valence-electron chi connectivity index (χ4n) is 1.62. The van der Waals surface area contributed by atoms with E-state index in [0.29, 0.717) is 19.4 Å². The highest BCUT2D eigenvalue weighted by molar-refractivity contribution is 5.04. The van der Waals surface area contributed by atoms with Gasteiger partial charge in [-0.1, -0.05) is 17.9 Å². The third-order valence-corrected chi connectivity index (χ3v) is 2.58. The maximum atomic E-state index is 9.44. The van der Waals surface area contributed by atoms with E-state index in [0.717, 1.165) is 25.9 Å². The van der Waals surface area contributed by atoms with Gasteiger partial charge in [0.15, 0.2) is 6.29 Å². The van der Waals surface area contributed by atoms with Crippen LogP contribution in [0.5, 0.6) is 0 Å². The maximum absolute atomic E-state index is 9.44. The van der Waals surface area contributed by atoms with Gasteiger partial charge >= 0.3 is 0 Å². The zero-order valence-electron chi connectivity index (χ0n) is 10.4. The van der Waals surface area contributed by atoms with E-state index in [1.54, 1.807) is 6.08 Å². The van der Waals surface area contributed by atoms with Crippen LogP contribution in [0.15, 0.2) is 12.7 Å². The summed E-state index contributed by atoms with van der Waals surface area (Å²) in [5, 5.41) is 9.44. The molecular weight excluding hydrogens is 216 g/mol. The van der Waals surface area contributed by atoms with E-state index in [2.05, 4.69) is 18.4 Å². The van der Waals surface area contributed by atoms with Crippen molar-refractivity contribution >= 4 is 0 Å². The second kappa shape index (κ2) is 9.23. The third-order valence-electron chi connectivity index (χ3n) is 2.58. The van der Waals surface area contributed by atoms with Crippen molar-refractivity contribution in [3.63, 3.8) is 0 Å². The molecule has 0 bridgehead atoms. The highest BCUT2D eigenvalue weighted by Crippen LogP contribution is 2.13. The minimum absolute atomic E-state index is 0.0451. The van der Waals surface area contributed by atoms with Gasteiger partial charge < -0.3 is 14.6 Å². The molecular formula is C14H22O3. The van der Waals surface area contributed by atoms with E-state index < -0.39 is 6.10 Å². The molecule has 1 aliphatic rings. The van der Waals surface area contributed by atoms with Gasteiger partial charge in [-0.05, 0) is 32.1 Å². The largest absolute Gasteiger partial charge is 0.380 e. The Balaban J connectivity index is 2.02. The first-order valence-electron chi connectivity index (χ1n) is 6.33. The van der Waals surface area contributed by atoms with E-state index in [1.807, 2.05) is 0 Å². The van der Waals surface area contributed by atoms with Gasteiger partial charge in [0.05, 0.1) is 6.61 Å². The summed E-state index contributed by atoms with van der Waals surface area (Å²) in [6, 6.07) is 0. The van der Waals surface area contributed by atoms with Crippen LogP contribution in [0.4, 0.5) is 0 Å². The molecule has 0 aliphatic carbocycles. The fraction of sp³-hybridized carbons (Fsp3) is 0.714. The molecule has 0 saturated carbocycles. The van der Waals surface area contributed by atoms with Crippen LogP contribution in [0.25, 0.3) is 0 Å². The lowest BCUT2D eigenvalue weighted by Crippen LogP contribution is -2.22. The molecule has 1 heterocycles. The zero-order valence-corrected chi connectivity index (χ0v) is 10.4. The summed E-state index contributed by atoms with van der Waals surface area (Å²) < 4.78 is 11.0. The van der Waals surface area contributed by atoms with Gasteiger partial charge in [0.25, 0.3) is 0 Å². The highest BCUT2D eigenvalue weighted by Gasteiger charge is 2.12. The smallest absolute Gasteiger partial charge is 0.157 e. The first kappa shape index (κ1) is 14.2. The molecule has 0 radical (unpaired) electrons. The minimum atomic E-state index is -0.543. The number of hydrogen-bond donors (Lipinski definition) is 1. The molecule has 3 heteroatoms. The first-order chi connectivity index (χ1) is 8.33. The normalized spacial score (nSPS) is 21.4. The molecule has 17 heavy (non-hydrogen) atoms. The Morgan fingerprint density at radius 3 is 3.12 bits per heavy atom. The Bertz CT molecular complexity index is 258. The minimum Gasteiger partial charge on any atom is -0.380 e. The zero-order chi connectivity index (χ0) is 12.3.